The van der Waals surface area contributed by atoms with E-state index in [0.29, 0.717) is 0 Å². The Balaban J connectivity index is 2.12. The average molecular weight is 504 g/mol. The van der Waals surface area contributed by atoms with Gasteiger partial charge in [-0.15, -0.1) is 0 Å². The predicted molar refractivity (Wildman–Crippen MR) is 112 cm³/mol. The van der Waals surface area contributed by atoms with Gasteiger partial charge in [-0.25, -0.2) is 0 Å². The average Bonchev–Trinajstić information content (AvgIpc) is 2.82. The number of aliphatic hydroxyl groups is 7. The molecule has 2 fully saturated rings. The molecular formula is C20H28N2O13. The summed E-state index contributed by atoms with van der Waals surface area (Å²) in [5.74, 6) is -0.892. The minimum atomic E-state index is -2.38. The Morgan fingerprint density at radius 1 is 1.00 bits per heavy atom. The lowest BCUT2D eigenvalue weighted by Crippen LogP contribution is -2.82. The largest absolute Gasteiger partial charge is 0.462 e. The second-order valence-corrected chi connectivity index (χ2v) is 8.36. The molecule has 0 unspecified atom stereocenters. The van der Waals surface area contributed by atoms with E-state index in [1.165, 1.54) is 12.1 Å². The van der Waals surface area contributed by atoms with Gasteiger partial charge in [-0.05, 0) is 12.1 Å². The quantitative estimate of drug-likeness (QED) is 0.131. The lowest BCUT2D eigenvalue weighted by Gasteiger charge is -2.56. The van der Waals surface area contributed by atoms with Crippen molar-refractivity contribution < 1.29 is 59.7 Å². The fraction of sp³-hybridized carbons (Fsp3) is 0.650. The van der Waals surface area contributed by atoms with Gasteiger partial charge < -0.3 is 55.3 Å². The fourth-order valence-electron chi connectivity index (χ4n) is 4.33. The number of nitro benzene ring substituents is 1. The van der Waals surface area contributed by atoms with E-state index in [-0.39, 0.29) is 11.4 Å². The third-order valence-corrected chi connectivity index (χ3v) is 6.11. The molecule has 2 saturated heterocycles. The number of amides is 1. The van der Waals surface area contributed by atoms with Crippen LogP contribution in [0.2, 0.25) is 0 Å². The van der Waals surface area contributed by atoms with E-state index in [0.717, 1.165) is 19.1 Å². The molecule has 0 aromatic heterocycles. The number of non-ortho nitro benzene ring substituents is 1. The number of aliphatic hydroxyl groups excluding tert-OH is 7. The van der Waals surface area contributed by atoms with Gasteiger partial charge in [0, 0.05) is 19.1 Å². The van der Waals surface area contributed by atoms with Crippen molar-refractivity contribution >= 4 is 11.6 Å². The Labute approximate surface area is 198 Å². The van der Waals surface area contributed by atoms with Gasteiger partial charge in [-0.3, -0.25) is 14.9 Å². The number of hydrogen-bond donors (Lipinski definition) is 8. The van der Waals surface area contributed by atoms with Crippen LogP contribution in [0.4, 0.5) is 5.69 Å². The standard InChI is InChI=1S/C20H28N2O13/c1-8(25)21-20(18-16(29)15(28)13(26)11(6-23)34-18)17(30)14(27)12(7-24)35-19(20)33-10-4-2-9(3-5-10)22(31)32/h2-5,11-19,23-24,26-30H,6-7H2,1H3,(H,21,25)/t11-,12-,13+,14+,15+,16-,17+,18-,19+,20+/m1/s1. The number of rotatable bonds is 7. The van der Waals surface area contributed by atoms with E-state index >= 15 is 0 Å². The summed E-state index contributed by atoms with van der Waals surface area (Å²) < 4.78 is 16.9. The van der Waals surface area contributed by atoms with Crippen LogP contribution in [0.5, 0.6) is 5.75 Å². The molecule has 1 amide bonds. The highest BCUT2D eigenvalue weighted by Gasteiger charge is 2.66. The van der Waals surface area contributed by atoms with Gasteiger partial charge in [0.05, 0.1) is 18.1 Å². The number of benzene rings is 1. The van der Waals surface area contributed by atoms with Crippen LogP contribution in [0.1, 0.15) is 6.92 Å². The molecule has 10 atom stereocenters. The molecule has 15 heteroatoms. The van der Waals surface area contributed by atoms with Crippen LogP contribution < -0.4 is 10.1 Å². The monoisotopic (exact) mass is 504 g/mol. The van der Waals surface area contributed by atoms with E-state index in [9.17, 15) is 50.7 Å². The van der Waals surface area contributed by atoms with Crippen LogP contribution in [0.15, 0.2) is 24.3 Å². The first kappa shape index (κ1) is 27.1. The van der Waals surface area contributed by atoms with Gasteiger partial charge in [0.1, 0.15) is 54.6 Å². The van der Waals surface area contributed by atoms with Crippen molar-refractivity contribution in [2.75, 3.05) is 13.2 Å². The Hall–Kier alpha value is -2.47. The molecule has 2 aliphatic heterocycles. The third kappa shape index (κ3) is 4.95. The summed E-state index contributed by atoms with van der Waals surface area (Å²) in [6.45, 7) is -0.598. The van der Waals surface area contributed by atoms with Gasteiger partial charge in [-0.1, -0.05) is 0 Å². The Bertz CT molecular complexity index is 900. The smallest absolute Gasteiger partial charge is 0.269 e. The summed E-state index contributed by atoms with van der Waals surface area (Å²) in [6, 6.07) is 4.55. The molecule has 0 spiro atoms. The van der Waals surface area contributed by atoms with Crippen molar-refractivity contribution in [1.82, 2.24) is 5.32 Å². The molecular weight excluding hydrogens is 476 g/mol. The number of nitro groups is 1. The van der Waals surface area contributed by atoms with Crippen molar-refractivity contribution in [3.63, 3.8) is 0 Å². The highest BCUT2D eigenvalue weighted by Crippen LogP contribution is 2.40. The van der Waals surface area contributed by atoms with E-state index in [4.69, 9.17) is 14.2 Å². The molecule has 0 saturated carbocycles. The molecule has 3 rings (SSSR count). The zero-order valence-corrected chi connectivity index (χ0v) is 18.4. The molecule has 1 aromatic carbocycles. The molecule has 1 aromatic rings. The minimum absolute atomic E-state index is 0.0693. The summed E-state index contributed by atoms with van der Waals surface area (Å²) in [4.78, 5) is 22.5. The maximum Gasteiger partial charge on any atom is 0.269 e. The van der Waals surface area contributed by atoms with Crippen molar-refractivity contribution in [2.24, 2.45) is 0 Å². The molecule has 15 nitrogen and oxygen atoms in total. The van der Waals surface area contributed by atoms with Gasteiger partial charge in [0.2, 0.25) is 12.2 Å². The van der Waals surface area contributed by atoms with Gasteiger partial charge in [0.15, 0.2) is 5.54 Å². The van der Waals surface area contributed by atoms with Gasteiger partial charge >= 0.3 is 0 Å². The number of carbonyl (C=O) groups is 1. The second kappa shape index (κ2) is 10.7. The van der Waals surface area contributed by atoms with Crippen molar-refractivity contribution in [3.8, 4) is 5.75 Å². The first-order chi connectivity index (χ1) is 16.5. The zero-order chi connectivity index (χ0) is 26.1. The predicted octanol–water partition coefficient (Wildman–Crippen LogP) is -3.87. The summed E-state index contributed by atoms with van der Waals surface area (Å²) in [5.41, 5.74) is -2.65. The van der Waals surface area contributed by atoms with E-state index in [2.05, 4.69) is 5.32 Å². The number of ether oxygens (including phenoxy) is 3. The van der Waals surface area contributed by atoms with E-state index < -0.39 is 84.7 Å². The highest BCUT2D eigenvalue weighted by molar-refractivity contribution is 5.74. The van der Waals surface area contributed by atoms with Crippen molar-refractivity contribution in [2.45, 2.75) is 67.6 Å². The molecule has 2 heterocycles. The van der Waals surface area contributed by atoms with Gasteiger partial charge in [0.25, 0.3) is 5.69 Å². The second-order valence-electron chi connectivity index (χ2n) is 8.36. The summed E-state index contributed by atoms with van der Waals surface area (Å²) in [7, 11) is 0. The molecule has 0 radical (unpaired) electrons. The normalized spacial score (nSPS) is 39.6. The lowest BCUT2D eigenvalue weighted by molar-refractivity contribution is -0.384. The topological polar surface area (TPSA) is 242 Å². The summed E-state index contributed by atoms with van der Waals surface area (Å²) in [5, 5.41) is 85.5. The number of nitrogens with zero attached hydrogens (tertiary/aromatic N) is 1. The molecule has 196 valence electrons. The van der Waals surface area contributed by atoms with Crippen LogP contribution >= 0.6 is 0 Å². The molecule has 35 heavy (non-hydrogen) atoms. The summed E-state index contributed by atoms with van der Waals surface area (Å²) in [6.07, 6.45) is -16.2. The maximum absolute atomic E-state index is 12.2. The number of nitrogens with one attached hydrogen (secondary N) is 1. The van der Waals surface area contributed by atoms with Crippen LogP contribution in [0.25, 0.3) is 0 Å². The minimum Gasteiger partial charge on any atom is -0.462 e. The molecule has 0 bridgehead atoms. The Morgan fingerprint density at radius 3 is 2.09 bits per heavy atom. The first-order valence-electron chi connectivity index (χ1n) is 10.6. The van der Waals surface area contributed by atoms with Crippen LogP contribution in [0.3, 0.4) is 0 Å². The molecule has 2 aliphatic rings. The lowest BCUT2D eigenvalue weighted by atomic mass is 9.74. The maximum atomic E-state index is 12.2. The van der Waals surface area contributed by atoms with Crippen molar-refractivity contribution in [3.05, 3.63) is 34.4 Å². The Morgan fingerprint density at radius 2 is 1.57 bits per heavy atom. The van der Waals surface area contributed by atoms with Crippen LogP contribution in [-0.4, -0.2) is 120 Å². The fourth-order valence-corrected chi connectivity index (χ4v) is 4.33. The summed E-state index contributed by atoms with van der Waals surface area (Å²) >= 11 is 0. The number of carbonyl (C=O) groups excluding carboxylic acids is 1. The number of hydrogen-bond acceptors (Lipinski definition) is 13. The third-order valence-electron chi connectivity index (χ3n) is 6.11. The molecule has 0 aliphatic carbocycles. The van der Waals surface area contributed by atoms with E-state index in [1.54, 1.807) is 0 Å². The van der Waals surface area contributed by atoms with Crippen LogP contribution in [0, 0.1) is 10.1 Å². The first-order valence-corrected chi connectivity index (χ1v) is 10.6. The van der Waals surface area contributed by atoms with Gasteiger partial charge in [-0.2, -0.15) is 0 Å². The highest BCUT2D eigenvalue weighted by atomic mass is 16.7. The van der Waals surface area contributed by atoms with E-state index in [1.807, 2.05) is 0 Å². The SMILES string of the molecule is CC(=O)N[C@@]1([C@@H]2O[C@H](CO)[C@H](O)[C@H](O)[C@H]2O)[C@@H](Oc2ccc([N+](=O)[O-])cc2)O[C@H](CO)[C@H](O)[C@@H]1O. The molecule has 8 N–H and O–H groups in total. The zero-order valence-electron chi connectivity index (χ0n) is 18.4. The van der Waals surface area contributed by atoms with Crippen LogP contribution in [-0.2, 0) is 14.3 Å². The Kier molecular flexibility index (Phi) is 8.25. The van der Waals surface area contributed by atoms with Crippen molar-refractivity contribution in [1.29, 1.82) is 0 Å².